The van der Waals surface area contributed by atoms with Gasteiger partial charge in [-0.05, 0) is 83.0 Å². The highest BCUT2D eigenvalue weighted by Gasteiger charge is 2.47. The average Bonchev–Trinajstić information content (AvgIpc) is 2.90. The van der Waals surface area contributed by atoms with Gasteiger partial charge in [-0.2, -0.15) is 25.4 Å². The molecule has 3 aromatic carbocycles. The predicted octanol–water partition coefficient (Wildman–Crippen LogP) is 4.74. The van der Waals surface area contributed by atoms with Crippen LogP contribution >= 0.6 is 22.6 Å². The summed E-state index contributed by atoms with van der Waals surface area (Å²) in [7, 11) is -4.54. The number of rotatable bonds is 12. The van der Waals surface area contributed by atoms with Crippen LogP contribution in [-0.2, 0) is 31.8 Å². The normalized spacial score (nSPS) is 15.7. The molecule has 0 aliphatic carbocycles. The van der Waals surface area contributed by atoms with Gasteiger partial charge in [0, 0.05) is 37.4 Å². The van der Waals surface area contributed by atoms with E-state index in [1.165, 1.54) is 52.5 Å². The Bertz CT molecular complexity index is 1600. The van der Waals surface area contributed by atoms with Gasteiger partial charge < -0.3 is 5.73 Å². The fourth-order valence-electron chi connectivity index (χ4n) is 4.14. The summed E-state index contributed by atoms with van der Waals surface area (Å²) in [4.78, 5) is 0. The fraction of sp³-hybridized carbons (Fsp3) is 0.357. The van der Waals surface area contributed by atoms with Crippen molar-refractivity contribution >= 4 is 48.7 Å². The molecule has 0 saturated heterocycles. The van der Waals surface area contributed by atoms with Gasteiger partial charge in [-0.1, -0.05) is 48.5 Å². The van der Waals surface area contributed by atoms with E-state index < -0.39 is 44.8 Å². The van der Waals surface area contributed by atoms with Crippen LogP contribution in [0.25, 0.3) is 11.1 Å². The highest BCUT2D eigenvalue weighted by Crippen LogP contribution is 2.35. The van der Waals surface area contributed by atoms with E-state index in [-0.39, 0.29) is 11.1 Å². The monoisotopic (exact) mass is 735 g/mol. The highest BCUT2D eigenvalue weighted by molar-refractivity contribution is 14.1. The first-order valence-electron chi connectivity index (χ1n) is 12.8. The van der Waals surface area contributed by atoms with Crippen LogP contribution in [0, 0.1) is 3.57 Å². The number of halogens is 3. The molecule has 0 radical (unpaired) electrons. The van der Waals surface area contributed by atoms with Gasteiger partial charge in [0.1, 0.15) is 11.3 Å². The number of anilines is 1. The number of hydrazine groups is 1. The molecule has 3 aromatic rings. The van der Waals surface area contributed by atoms with Gasteiger partial charge in [0.05, 0.1) is 13.1 Å². The second-order valence-corrected chi connectivity index (χ2v) is 16.0. The molecule has 14 heteroatoms. The zero-order valence-corrected chi connectivity index (χ0v) is 28.1. The Kier molecular flexibility index (Phi) is 10.4. The summed E-state index contributed by atoms with van der Waals surface area (Å²) in [5.74, 6) is 0. The first-order valence-corrected chi connectivity index (χ1v) is 16.7. The number of nitrogens with two attached hydrogens (primary N) is 1. The van der Waals surface area contributed by atoms with Gasteiger partial charge >= 0.3 is 0 Å². The largest absolute Gasteiger partial charge is 0.399 e. The van der Waals surface area contributed by atoms with E-state index in [0.717, 1.165) is 37.2 Å². The summed E-state index contributed by atoms with van der Waals surface area (Å²) in [6.07, 6.45) is 0. The standard InChI is InChI=1S/C28H36F2IN5O4S2/c1-27(29,23-12-10-21(11-13-23)22-8-7-9-26(32)18-22)19-35(41(37,38)33(3)4)36(42(39,40)34(5)6)20-28(2,30)24-14-16-25(31)17-15-24/h7-18H,19-20,32H2,1-6H3. The molecule has 0 amide bonds. The summed E-state index contributed by atoms with van der Waals surface area (Å²) in [6.45, 7) is 0.402. The minimum Gasteiger partial charge on any atom is -0.399 e. The Morgan fingerprint density at radius 1 is 0.690 bits per heavy atom. The van der Waals surface area contributed by atoms with Crippen LogP contribution in [0.2, 0.25) is 0 Å². The lowest BCUT2D eigenvalue weighted by molar-refractivity contribution is 0.0250. The van der Waals surface area contributed by atoms with E-state index in [0.29, 0.717) is 14.5 Å². The summed E-state index contributed by atoms with van der Waals surface area (Å²) in [6, 6.07) is 19.7. The Labute approximate surface area is 261 Å². The number of benzene rings is 3. The Morgan fingerprint density at radius 3 is 1.48 bits per heavy atom. The van der Waals surface area contributed by atoms with Crippen molar-refractivity contribution in [3.05, 3.63) is 87.5 Å². The lowest BCUT2D eigenvalue weighted by atomic mass is 9.95. The van der Waals surface area contributed by atoms with E-state index in [9.17, 15) is 16.8 Å². The second kappa shape index (κ2) is 12.8. The van der Waals surface area contributed by atoms with Crippen LogP contribution in [0.4, 0.5) is 14.5 Å². The third-order valence-electron chi connectivity index (χ3n) is 6.72. The molecule has 0 bridgehead atoms. The van der Waals surface area contributed by atoms with Gasteiger partial charge in [0.2, 0.25) is 0 Å². The molecule has 9 nitrogen and oxygen atoms in total. The summed E-state index contributed by atoms with van der Waals surface area (Å²) in [5.41, 5.74) is 3.47. The van der Waals surface area contributed by atoms with Crippen molar-refractivity contribution in [2.45, 2.75) is 25.2 Å². The zero-order valence-electron chi connectivity index (χ0n) is 24.3. The zero-order chi connectivity index (χ0) is 31.7. The molecule has 0 aliphatic rings. The van der Waals surface area contributed by atoms with Crippen molar-refractivity contribution < 1.29 is 25.6 Å². The van der Waals surface area contributed by atoms with Crippen molar-refractivity contribution in [1.29, 1.82) is 0 Å². The van der Waals surface area contributed by atoms with Gasteiger partial charge in [0.25, 0.3) is 20.4 Å². The molecule has 0 aromatic heterocycles. The molecule has 2 unspecified atom stereocenters. The topological polar surface area (TPSA) is 107 Å². The van der Waals surface area contributed by atoms with E-state index in [1.54, 1.807) is 42.5 Å². The van der Waals surface area contributed by atoms with Gasteiger partial charge in [-0.15, -0.1) is 8.83 Å². The number of nitrogen functional groups attached to an aromatic ring is 1. The summed E-state index contributed by atoms with van der Waals surface area (Å²) in [5, 5.41) is 0. The average molecular weight is 736 g/mol. The van der Waals surface area contributed by atoms with E-state index in [2.05, 4.69) is 22.6 Å². The van der Waals surface area contributed by atoms with Crippen LogP contribution in [-0.4, -0.2) is 75.6 Å². The van der Waals surface area contributed by atoms with Crippen molar-refractivity contribution in [2.24, 2.45) is 0 Å². The molecule has 42 heavy (non-hydrogen) atoms. The molecule has 230 valence electrons. The number of nitrogens with zero attached hydrogens (tertiary/aromatic N) is 4. The predicted molar refractivity (Wildman–Crippen MR) is 171 cm³/mol. The molecule has 2 N–H and O–H groups in total. The van der Waals surface area contributed by atoms with Crippen molar-refractivity contribution in [3.8, 4) is 11.1 Å². The minimum atomic E-state index is -4.65. The molecular formula is C28H36F2IN5O4S2. The van der Waals surface area contributed by atoms with E-state index in [1.807, 2.05) is 6.07 Å². The number of hydrogen-bond acceptors (Lipinski definition) is 5. The molecule has 2 atom stereocenters. The molecular weight excluding hydrogens is 699 g/mol. The van der Waals surface area contributed by atoms with Crippen LogP contribution in [0.5, 0.6) is 0 Å². The van der Waals surface area contributed by atoms with E-state index in [4.69, 9.17) is 5.73 Å². The van der Waals surface area contributed by atoms with Crippen LogP contribution < -0.4 is 5.73 Å². The highest BCUT2D eigenvalue weighted by atomic mass is 127. The molecule has 0 spiro atoms. The molecule has 0 fully saturated rings. The van der Waals surface area contributed by atoms with Gasteiger partial charge in [-0.25, -0.2) is 8.78 Å². The molecule has 0 aliphatic heterocycles. The Morgan fingerprint density at radius 2 is 1.10 bits per heavy atom. The van der Waals surface area contributed by atoms with E-state index >= 15 is 8.78 Å². The lowest BCUT2D eigenvalue weighted by Gasteiger charge is -2.40. The van der Waals surface area contributed by atoms with Gasteiger partial charge in [-0.3, -0.25) is 0 Å². The molecule has 3 rings (SSSR count). The minimum absolute atomic E-state index is 0.0944. The lowest BCUT2D eigenvalue weighted by Crippen LogP contribution is -2.60. The van der Waals surface area contributed by atoms with Gasteiger partial charge in [0.15, 0.2) is 0 Å². The first kappa shape index (κ1) is 34.3. The van der Waals surface area contributed by atoms with Crippen molar-refractivity contribution in [1.82, 2.24) is 17.4 Å². The fourth-order valence-corrected chi connectivity index (χ4v) is 7.15. The number of alkyl halides is 2. The summed E-state index contributed by atoms with van der Waals surface area (Å²) >= 11 is 2.05. The first-order chi connectivity index (χ1) is 19.3. The van der Waals surface area contributed by atoms with Crippen molar-refractivity contribution in [3.63, 3.8) is 0 Å². The molecule has 0 heterocycles. The third kappa shape index (κ3) is 7.65. The second-order valence-electron chi connectivity index (χ2n) is 10.6. The SMILES string of the molecule is CN(C)S(=O)(=O)N(CC(C)(F)c1ccc(I)cc1)N(CC(C)(F)c1ccc(-c2cccc(N)c2)cc1)S(=O)(=O)N(C)C. The van der Waals surface area contributed by atoms with Crippen LogP contribution in [0.1, 0.15) is 25.0 Å². The maximum atomic E-state index is 16.5. The third-order valence-corrected chi connectivity index (χ3v) is 11.1. The smallest absolute Gasteiger partial charge is 0.295 e. The van der Waals surface area contributed by atoms with Crippen LogP contribution in [0.15, 0.2) is 72.8 Å². The van der Waals surface area contributed by atoms with Crippen molar-refractivity contribution in [2.75, 3.05) is 47.0 Å². The maximum Gasteiger partial charge on any atom is 0.295 e. The number of hydrogen-bond donors (Lipinski definition) is 1. The summed E-state index contributed by atoms with van der Waals surface area (Å²) < 4.78 is 90.3. The Balaban J connectivity index is 2.10. The molecule has 0 saturated carbocycles. The quantitative estimate of drug-likeness (QED) is 0.164. The maximum absolute atomic E-state index is 16.5. The van der Waals surface area contributed by atoms with Crippen LogP contribution in [0.3, 0.4) is 0 Å². The Hall–Kier alpha value is -2.21.